The highest BCUT2D eigenvalue weighted by molar-refractivity contribution is 9.10. The third kappa shape index (κ3) is 5.94. The molecule has 1 atom stereocenters. The molecule has 2 aromatic heterocycles. The van der Waals surface area contributed by atoms with Crippen LogP contribution in [0.15, 0.2) is 65.3 Å². The van der Waals surface area contributed by atoms with E-state index in [2.05, 4.69) is 43.6 Å². The number of carbonyl (C=O) groups is 1. The predicted molar refractivity (Wildman–Crippen MR) is 149 cm³/mol. The summed E-state index contributed by atoms with van der Waals surface area (Å²) in [6.45, 7) is 3.05. The van der Waals surface area contributed by atoms with Gasteiger partial charge in [-0.25, -0.2) is 9.99 Å². The Kier molecular flexibility index (Phi) is 7.71. The number of aromatic nitrogens is 3. The van der Waals surface area contributed by atoms with Crippen LogP contribution in [0.1, 0.15) is 49.5 Å². The first-order chi connectivity index (χ1) is 18.0. The van der Waals surface area contributed by atoms with Gasteiger partial charge in [-0.3, -0.25) is 15.2 Å². The molecular weight excluding hydrogens is 532 g/mol. The Morgan fingerprint density at radius 1 is 1.11 bits per heavy atom. The largest absolute Gasteiger partial charge is 0.457 e. The zero-order chi connectivity index (χ0) is 25.8. The normalized spacial score (nSPS) is 16.0. The van der Waals surface area contributed by atoms with Gasteiger partial charge in [0.05, 0.1) is 11.0 Å². The van der Waals surface area contributed by atoms with Gasteiger partial charge in [-0.05, 0) is 61.7 Å². The molecule has 9 heteroatoms. The molecular formula is C28H31BrN6O2. The van der Waals surface area contributed by atoms with Crippen LogP contribution < -0.4 is 15.5 Å². The molecule has 8 nitrogen and oxygen atoms in total. The van der Waals surface area contributed by atoms with E-state index in [-0.39, 0.29) is 5.91 Å². The molecule has 5 rings (SSSR count). The maximum atomic E-state index is 13.0. The number of rotatable bonds is 8. The average molecular weight is 564 g/mol. The maximum absolute atomic E-state index is 13.0. The molecule has 0 radical (unpaired) electrons. The molecule has 1 saturated heterocycles. The van der Waals surface area contributed by atoms with Gasteiger partial charge in [0.1, 0.15) is 17.2 Å². The topological polar surface area (TPSA) is 84.3 Å². The lowest BCUT2D eigenvalue weighted by molar-refractivity contribution is 0.0545. The van der Waals surface area contributed by atoms with Crippen molar-refractivity contribution in [3.05, 3.63) is 71.0 Å². The van der Waals surface area contributed by atoms with Crippen LogP contribution in [-0.2, 0) is 7.05 Å². The van der Waals surface area contributed by atoms with Crippen molar-refractivity contribution in [2.24, 2.45) is 7.05 Å². The summed E-state index contributed by atoms with van der Waals surface area (Å²) in [5, 5.41) is 5.44. The van der Waals surface area contributed by atoms with Gasteiger partial charge in [-0.2, -0.15) is 0 Å². The standard InChI is InChI=1S/C28H31BrN6O2/c1-3-6-21-7-4-5-16-35(21)33-27(36)25-18-23(14-15-30-25)37-22-12-13-26-24(17-22)32-28(34(26)2)31-20-10-8-19(29)9-11-20/h8-15,17-18,21H,3-7,16H2,1-2H3,(H,31,32)(H,33,36). The van der Waals surface area contributed by atoms with E-state index in [4.69, 9.17) is 9.72 Å². The number of carbonyl (C=O) groups excluding carboxylic acids is 1. The number of imidazole rings is 1. The van der Waals surface area contributed by atoms with Gasteiger partial charge in [0.2, 0.25) is 5.95 Å². The minimum Gasteiger partial charge on any atom is -0.457 e. The number of pyridine rings is 1. The van der Waals surface area contributed by atoms with Gasteiger partial charge in [-0.15, -0.1) is 0 Å². The molecule has 0 saturated carbocycles. The molecule has 1 aliphatic rings. The van der Waals surface area contributed by atoms with Crippen LogP contribution in [0.5, 0.6) is 11.5 Å². The summed E-state index contributed by atoms with van der Waals surface area (Å²) in [4.78, 5) is 22.0. The Labute approximate surface area is 225 Å². The Hall–Kier alpha value is -3.43. The molecule has 1 aliphatic heterocycles. The van der Waals surface area contributed by atoms with Crippen molar-refractivity contribution in [3.63, 3.8) is 0 Å². The summed E-state index contributed by atoms with van der Waals surface area (Å²) in [5.74, 6) is 1.71. The van der Waals surface area contributed by atoms with Gasteiger partial charge in [0, 0.05) is 48.1 Å². The Balaban J connectivity index is 1.29. The van der Waals surface area contributed by atoms with E-state index >= 15 is 0 Å². The fourth-order valence-electron chi connectivity index (χ4n) is 4.72. The summed E-state index contributed by atoms with van der Waals surface area (Å²) >= 11 is 3.46. The summed E-state index contributed by atoms with van der Waals surface area (Å²) < 4.78 is 9.12. The fraction of sp³-hybridized carbons (Fsp3) is 0.321. The monoisotopic (exact) mass is 562 g/mol. The lowest BCUT2D eigenvalue weighted by Crippen LogP contribution is -2.51. The molecule has 2 aromatic carbocycles. The van der Waals surface area contributed by atoms with Crippen molar-refractivity contribution in [1.82, 2.24) is 25.0 Å². The minimum atomic E-state index is -0.211. The second-order valence-corrected chi connectivity index (χ2v) is 10.2. The SMILES string of the molecule is CCCC1CCCCN1NC(=O)c1cc(Oc2ccc3c(c2)nc(Nc2ccc(Br)cc2)n3C)ccn1. The van der Waals surface area contributed by atoms with Crippen LogP contribution in [0.4, 0.5) is 11.6 Å². The highest BCUT2D eigenvalue weighted by Crippen LogP contribution is 2.28. The number of benzene rings is 2. The molecule has 1 amide bonds. The maximum Gasteiger partial charge on any atom is 0.284 e. The van der Waals surface area contributed by atoms with Crippen molar-refractivity contribution in [3.8, 4) is 11.5 Å². The number of halogens is 1. The first kappa shape index (κ1) is 25.2. The summed E-state index contributed by atoms with van der Waals surface area (Å²) in [7, 11) is 1.97. The van der Waals surface area contributed by atoms with Crippen molar-refractivity contribution < 1.29 is 9.53 Å². The van der Waals surface area contributed by atoms with Gasteiger partial charge in [-0.1, -0.05) is 35.7 Å². The zero-order valence-electron chi connectivity index (χ0n) is 21.1. The number of hydrogen-bond acceptors (Lipinski definition) is 6. The van der Waals surface area contributed by atoms with Gasteiger partial charge in [0.25, 0.3) is 5.91 Å². The van der Waals surface area contributed by atoms with Crippen LogP contribution in [0.2, 0.25) is 0 Å². The van der Waals surface area contributed by atoms with Crippen LogP contribution >= 0.6 is 15.9 Å². The van der Waals surface area contributed by atoms with Crippen LogP contribution in [0.3, 0.4) is 0 Å². The van der Waals surface area contributed by atoms with Crippen LogP contribution in [0.25, 0.3) is 11.0 Å². The van der Waals surface area contributed by atoms with E-state index in [9.17, 15) is 4.79 Å². The molecule has 0 bridgehead atoms. The number of fused-ring (bicyclic) bond motifs is 1. The number of ether oxygens (including phenoxy) is 1. The number of nitrogens with zero attached hydrogens (tertiary/aromatic N) is 4. The van der Waals surface area contributed by atoms with Crippen molar-refractivity contribution in [1.29, 1.82) is 0 Å². The van der Waals surface area contributed by atoms with Gasteiger partial charge < -0.3 is 14.6 Å². The molecule has 37 heavy (non-hydrogen) atoms. The molecule has 2 N–H and O–H groups in total. The quantitative estimate of drug-likeness (QED) is 0.253. The number of hydrazine groups is 1. The van der Waals surface area contributed by atoms with Crippen LogP contribution in [-0.4, -0.2) is 38.0 Å². The van der Waals surface area contributed by atoms with E-state index in [0.29, 0.717) is 23.2 Å². The first-order valence-corrected chi connectivity index (χ1v) is 13.5. The number of anilines is 2. The minimum absolute atomic E-state index is 0.211. The van der Waals surface area contributed by atoms with E-state index in [1.165, 1.54) is 6.42 Å². The third-order valence-corrected chi connectivity index (χ3v) is 7.18. The summed E-state index contributed by atoms with van der Waals surface area (Å²) in [5.41, 5.74) is 6.13. The predicted octanol–water partition coefficient (Wildman–Crippen LogP) is 6.57. The second-order valence-electron chi connectivity index (χ2n) is 9.33. The molecule has 0 spiro atoms. The molecule has 1 fully saturated rings. The number of hydrogen-bond donors (Lipinski definition) is 2. The average Bonchev–Trinajstić information content (AvgIpc) is 3.21. The van der Waals surface area contributed by atoms with Crippen molar-refractivity contribution >= 4 is 44.5 Å². The first-order valence-electron chi connectivity index (χ1n) is 12.7. The number of aryl methyl sites for hydroxylation is 1. The lowest BCUT2D eigenvalue weighted by Gasteiger charge is -2.35. The van der Waals surface area contributed by atoms with E-state index in [1.807, 2.05) is 54.1 Å². The van der Waals surface area contributed by atoms with E-state index in [0.717, 1.165) is 59.4 Å². The highest BCUT2D eigenvalue weighted by Gasteiger charge is 2.24. The molecule has 4 aromatic rings. The van der Waals surface area contributed by atoms with E-state index < -0.39 is 0 Å². The molecule has 1 unspecified atom stereocenters. The number of piperidine rings is 1. The van der Waals surface area contributed by atoms with Crippen LogP contribution in [0, 0.1) is 0 Å². The number of nitrogens with one attached hydrogen (secondary N) is 2. The summed E-state index contributed by atoms with van der Waals surface area (Å²) in [6, 6.07) is 17.5. The Morgan fingerprint density at radius 2 is 1.92 bits per heavy atom. The highest BCUT2D eigenvalue weighted by atomic mass is 79.9. The van der Waals surface area contributed by atoms with E-state index in [1.54, 1.807) is 18.3 Å². The zero-order valence-corrected chi connectivity index (χ0v) is 22.7. The summed E-state index contributed by atoms with van der Waals surface area (Å²) in [6.07, 6.45) is 7.19. The molecule has 3 heterocycles. The Morgan fingerprint density at radius 3 is 2.73 bits per heavy atom. The Bertz CT molecular complexity index is 1390. The molecule has 192 valence electrons. The fourth-order valence-corrected chi connectivity index (χ4v) is 4.99. The van der Waals surface area contributed by atoms with Gasteiger partial charge >= 0.3 is 0 Å². The third-order valence-electron chi connectivity index (χ3n) is 6.65. The van der Waals surface area contributed by atoms with Crippen molar-refractivity contribution in [2.75, 3.05) is 11.9 Å². The number of amides is 1. The lowest BCUT2D eigenvalue weighted by atomic mass is 10.00. The second kappa shape index (κ2) is 11.3. The van der Waals surface area contributed by atoms with Gasteiger partial charge in [0.15, 0.2) is 0 Å². The smallest absolute Gasteiger partial charge is 0.284 e. The molecule has 0 aliphatic carbocycles. The van der Waals surface area contributed by atoms with Crippen molar-refractivity contribution in [2.45, 2.75) is 45.1 Å².